The van der Waals surface area contributed by atoms with Crippen LogP contribution in [0.25, 0.3) is 0 Å². The van der Waals surface area contributed by atoms with Crippen LogP contribution in [0.3, 0.4) is 0 Å². The first-order valence-electron chi connectivity index (χ1n) is 6.63. The summed E-state index contributed by atoms with van der Waals surface area (Å²) in [6.07, 6.45) is -2.37. The van der Waals surface area contributed by atoms with E-state index in [-0.39, 0.29) is 23.7 Å². The summed E-state index contributed by atoms with van der Waals surface area (Å²) in [6, 6.07) is 4.96. The number of hydrogen-bond acceptors (Lipinski definition) is 4. The molecule has 1 aromatic heterocycles. The quantitative estimate of drug-likeness (QED) is 0.896. The van der Waals surface area contributed by atoms with Crippen LogP contribution >= 0.6 is 0 Å². The van der Waals surface area contributed by atoms with E-state index in [1.165, 1.54) is 35.2 Å². The SMILES string of the molecule is CS(=O)(=O)c1nccn1C[C@@H](O)Cc1ccccc1C(F)(F)F. The molecule has 1 heterocycles. The van der Waals surface area contributed by atoms with Gasteiger partial charge in [-0.25, -0.2) is 13.4 Å². The lowest BCUT2D eigenvalue weighted by molar-refractivity contribution is -0.138. The van der Waals surface area contributed by atoms with E-state index in [1.54, 1.807) is 0 Å². The average Bonchev–Trinajstić information content (AvgIpc) is 2.86. The molecule has 1 aromatic carbocycles. The molecule has 9 heteroatoms. The molecule has 0 saturated carbocycles. The average molecular weight is 348 g/mol. The number of aliphatic hydroxyl groups is 1. The van der Waals surface area contributed by atoms with E-state index in [9.17, 15) is 26.7 Å². The second-order valence-electron chi connectivity index (χ2n) is 5.15. The van der Waals surface area contributed by atoms with Crippen molar-refractivity contribution in [2.45, 2.75) is 30.4 Å². The van der Waals surface area contributed by atoms with Crippen molar-refractivity contribution in [2.75, 3.05) is 6.26 Å². The van der Waals surface area contributed by atoms with Gasteiger partial charge in [0.2, 0.25) is 15.0 Å². The maximum Gasteiger partial charge on any atom is 0.416 e. The molecule has 0 radical (unpaired) electrons. The lowest BCUT2D eigenvalue weighted by Gasteiger charge is -2.17. The van der Waals surface area contributed by atoms with Gasteiger partial charge in [0.05, 0.1) is 18.2 Å². The number of benzene rings is 1. The first kappa shape index (κ1) is 17.5. The van der Waals surface area contributed by atoms with Gasteiger partial charge in [-0.1, -0.05) is 18.2 Å². The predicted molar refractivity (Wildman–Crippen MR) is 76.5 cm³/mol. The normalized spacial score (nSPS) is 14.0. The third-order valence-electron chi connectivity index (χ3n) is 3.19. The van der Waals surface area contributed by atoms with Gasteiger partial charge in [-0.2, -0.15) is 13.2 Å². The molecule has 0 aliphatic carbocycles. The molecule has 5 nitrogen and oxygen atoms in total. The molecule has 2 rings (SSSR count). The monoisotopic (exact) mass is 348 g/mol. The Kier molecular flexibility index (Phi) is 4.81. The molecule has 2 aromatic rings. The highest BCUT2D eigenvalue weighted by Gasteiger charge is 2.33. The Morgan fingerprint density at radius 2 is 1.96 bits per heavy atom. The van der Waals surface area contributed by atoms with Gasteiger partial charge in [-0.15, -0.1) is 0 Å². The minimum absolute atomic E-state index is 0.0477. The first-order chi connectivity index (χ1) is 10.6. The second-order valence-corrected chi connectivity index (χ2v) is 7.06. The molecule has 0 aliphatic rings. The van der Waals surface area contributed by atoms with Crippen molar-refractivity contribution < 1.29 is 26.7 Å². The summed E-state index contributed by atoms with van der Waals surface area (Å²) < 4.78 is 63.0. The van der Waals surface area contributed by atoms with Crippen LogP contribution in [0.1, 0.15) is 11.1 Å². The zero-order valence-corrected chi connectivity index (χ0v) is 13.0. The molecule has 0 saturated heterocycles. The van der Waals surface area contributed by atoms with Crippen LogP contribution in [0.5, 0.6) is 0 Å². The predicted octanol–water partition coefficient (Wildman–Crippen LogP) is 1.91. The molecule has 0 amide bonds. The topological polar surface area (TPSA) is 72.2 Å². The summed E-state index contributed by atoms with van der Waals surface area (Å²) in [7, 11) is -3.58. The van der Waals surface area contributed by atoms with E-state index in [1.807, 2.05) is 0 Å². The van der Waals surface area contributed by atoms with Crippen LogP contribution in [-0.4, -0.2) is 35.4 Å². The fourth-order valence-electron chi connectivity index (χ4n) is 2.28. The highest BCUT2D eigenvalue weighted by Crippen LogP contribution is 2.32. The van der Waals surface area contributed by atoms with Crippen molar-refractivity contribution in [2.24, 2.45) is 0 Å². The van der Waals surface area contributed by atoms with Crippen molar-refractivity contribution >= 4 is 9.84 Å². The van der Waals surface area contributed by atoms with Crippen molar-refractivity contribution in [3.8, 4) is 0 Å². The molecule has 0 bridgehead atoms. The van der Waals surface area contributed by atoms with E-state index >= 15 is 0 Å². The van der Waals surface area contributed by atoms with Crippen molar-refractivity contribution in [3.63, 3.8) is 0 Å². The third-order valence-corrected chi connectivity index (χ3v) is 4.20. The fraction of sp³-hybridized carbons (Fsp3) is 0.357. The highest BCUT2D eigenvalue weighted by atomic mass is 32.2. The minimum atomic E-state index is -4.51. The van der Waals surface area contributed by atoms with Crippen molar-refractivity contribution in [1.29, 1.82) is 0 Å². The maximum atomic E-state index is 12.9. The molecule has 0 unspecified atom stereocenters. The Balaban J connectivity index is 2.19. The van der Waals surface area contributed by atoms with E-state index in [2.05, 4.69) is 4.98 Å². The minimum Gasteiger partial charge on any atom is -0.391 e. The Morgan fingerprint density at radius 1 is 1.30 bits per heavy atom. The van der Waals surface area contributed by atoms with Crippen molar-refractivity contribution in [3.05, 3.63) is 47.8 Å². The number of sulfone groups is 1. The number of hydrogen-bond donors (Lipinski definition) is 1. The Labute approximate surface area is 131 Å². The number of rotatable bonds is 5. The molecule has 0 fully saturated rings. The molecule has 1 atom stereocenters. The van der Waals surface area contributed by atoms with Crippen LogP contribution in [0.2, 0.25) is 0 Å². The molecular formula is C14H15F3N2O3S. The van der Waals surface area contributed by atoms with Gasteiger partial charge in [0, 0.05) is 25.1 Å². The largest absolute Gasteiger partial charge is 0.416 e. The molecule has 0 spiro atoms. The summed E-state index contributed by atoms with van der Waals surface area (Å²) in [5.41, 5.74) is -0.860. The summed E-state index contributed by atoms with van der Waals surface area (Å²) in [6.45, 7) is -0.172. The smallest absolute Gasteiger partial charge is 0.391 e. The van der Waals surface area contributed by atoms with Crippen LogP contribution < -0.4 is 0 Å². The van der Waals surface area contributed by atoms with Gasteiger partial charge >= 0.3 is 6.18 Å². The standard InChI is InChI=1S/C14H15F3N2O3S/c1-23(21,22)13-18-6-7-19(13)9-11(20)8-10-4-2-3-5-12(10)14(15,16)17/h2-7,11,20H,8-9H2,1H3/t11-/m0/s1. The summed E-state index contributed by atoms with van der Waals surface area (Å²) in [5, 5.41) is 9.81. The van der Waals surface area contributed by atoms with E-state index in [0.717, 1.165) is 12.3 Å². The van der Waals surface area contributed by atoms with Gasteiger partial charge in [-0.05, 0) is 11.6 Å². The van der Waals surface area contributed by atoms with Gasteiger partial charge in [-0.3, -0.25) is 0 Å². The first-order valence-corrected chi connectivity index (χ1v) is 8.52. The number of alkyl halides is 3. The van der Waals surface area contributed by atoms with Gasteiger partial charge in [0.15, 0.2) is 0 Å². The Hall–Kier alpha value is -1.87. The zero-order valence-electron chi connectivity index (χ0n) is 12.2. The summed E-state index contributed by atoms with van der Waals surface area (Å²) in [4.78, 5) is 3.69. The lowest BCUT2D eigenvalue weighted by atomic mass is 10.0. The van der Waals surface area contributed by atoms with E-state index in [4.69, 9.17) is 0 Å². The van der Waals surface area contributed by atoms with Crippen LogP contribution in [0, 0.1) is 0 Å². The fourth-order valence-corrected chi connectivity index (χ4v) is 3.10. The van der Waals surface area contributed by atoms with Gasteiger partial charge in [0.1, 0.15) is 0 Å². The van der Waals surface area contributed by atoms with Gasteiger partial charge in [0.25, 0.3) is 0 Å². The zero-order chi connectivity index (χ0) is 17.3. The number of halogens is 3. The summed E-state index contributed by atoms with van der Waals surface area (Å²) in [5.74, 6) is 0. The maximum absolute atomic E-state index is 12.9. The van der Waals surface area contributed by atoms with Gasteiger partial charge < -0.3 is 9.67 Å². The van der Waals surface area contributed by atoms with Crippen LogP contribution in [-0.2, 0) is 29.0 Å². The molecule has 0 aliphatic heterocycles. The van der Waals surface area contributed by atoms with E-state index in [0.29, 0.717) is 0 Å². The lowest BCUT2D eigenvalue weighted by Crippen LogP contribution is -2.22. The number of aromatic nitrogens is 2. The van der Waals surface area contributed by atoms with Crippen LogP contribution in [0.4, 0.5) is 13.2 Å². The van der Waals surface area contributed by atoms with Crippen molar-refractivity contribution in [1.82, 2.24) is 9.55 Å². The molecular weight excluding hydrogens is 333 g/mol. The Morgan fingerprint density at radius 3 is 2.57 bits per heavy atom. The summed E-state index contributed by atoms with van der Waals surface area (Å²) >= 11 is 0. The van der Waals surface area contributed by atoms with Crippen LogP contribution in [0.15, 0.2) is 41.8 Å². The second kappa shape index (κ2) is 6.32. The molecule has 126 valence electrons. The molecule has 23 heavy (non-hydrogen) atoms. The number of aliphatic hydroxyl groups excluding tert-OH is 1. The third kappa shape index (κ3) is 4.32. The van der Waals surface area contributed by atoms with E-state index < -0.39 is 27.7 Å². The number of imidazole rings is 1. The molecule has 1 N–H and O–H groups in total. The highest BCUT2D eigenvalue weighted by molar-refractivity contribution is 7.90. The Bertz CT molecular complexity index is 785. The number of nitrogens with zero attached hydrogens (tertiary/aromatic N) is 2.